The van der Waals surface area contributed by atoms with Gasteiger partial charge in [-0.05, 0) is 13.8 Å². The van der Waals surface area contributed by atoms with E-state index < -0.39 is 0 Å². The van der Waals surface area contributed by atoms with Crippen molar-refractivity contribution in [2.75, 3.05) is 5.73 Å². The summed E-state index contributed by atoms with van der Waals surface area (Å²) in [6.07, 6.45) is 3.60. The Labute approximate surface area is 70.1 Å². The van der Waals surface area contributed by atoms with Gasteiger partial charge in [0.25, 0.3) is 0 Å². The molecular weight excluding hydrogens is 152 g/mol. The maximum atomic E-state index is 5.78. The predicted octanol–water partition coefficient (Wildman–Crippen LogP) is 0.928. The molecule has 2 aromatic heterocycles. The third-order valence-electron chi connectivity index (χ3n) is 1.86. The molecule has 0 radical (unpaired) electrons. The highest BCUT2D eigenvalue weighted by Crippen LogP contribution is 2.12. The highest BCUT2D eigenvalue weighted by atomic mass is 15.1. The highest BCUT2D eigenvalue weighted by molar-refractivity contribution is 5.50. The predicted molar refractivity (Wildman–Crippen MR) is 46.9 cm³/mol. The summed E-state index contributed by atoms with van der Waals surface area (Å²) in [6.45, 7) is 3.81. The fourth-order valence-electron chi connectivity index (χ4n) is 1.19. The van der Waals surface area contributed by atoms with Gasteiger partial charge < -0.3 is 5.73 Å². The van der Waals surface area contributed by atoms with Gasteiger partial charge >= 0.3 is 0 Å². The molecule has 0 fully saturated rings. The zero-order valence-corrected chi connectivity index (χ0v) is 7.07. The van der Waals surface area contributed by atoms with E-state index in [2.05, 4.69) is 9.97 Å². The minimum Gasteiger partial charge on any atom is -0.383 e. The van der Waals surface area contributed by atoms with E-state index >= 15 is 0 Å². The van der Waals surface area contributed by atoms with E-state index in [9.17, 15) is 0 Å². The van der Waals surface area contributed by atoms with Crippen LogP contribution in [-0.4, -0.2) is 14.4 Å². The van der Waals surface area contributed by atoms with Crippen LogP contribution in [0.25, 0.3) is 5.65 Å². The summed E-state index contributed by atoms with van der Waals surface area (Å²) >= 11 is 0. The number of nitrogens with zero attached hydrogens (tertiary/aromatic N) is 3. The second-order valence-corrected chi connectivity index (χ2v) is 2.84. The Morgan fingerprint density at radius 2 is 2.17 bits per heavy atom. The fourth-order valence-corrected chi connectivity index (χ4v) is 1.19. The second-order valence-electron chi connectivity index (χ2n) is 2.84. The smallest absolute Gasteiger partial charge is 0.157 e. The third-order valence-corrected chi connectivity index (χ3v) is 1.86. The summed E-state index contributed by atoms with van der Waals surface area (Å²) in [7, 11) is 0. The number of nitrogen functional groups attached to an aromatic ring is 1. The lowest BCUT2D eigenvalue weighted by atomic mass is 10.5. The molecule has 4 nitrogen and oxygen atoms in total. The van der Waals surface area contributed by atoms with Crippen LogP contribution in [0.15, 0.2) is 12.4 Å². The maximum absolute atomic E-state index is 5.78. The molecule has 0 atom stereocenters. The van der Waals surface area contributed by atoms with E-state index in [1.54, 1.807) is 6.20 Å². The SMILES string of the molecule is Cc1cn2c(N)c(C)nc2cn1. The lowest BCUT2D eigenvalue weighted by molar-refractivity contribution is 1.08. The molecule has 0 saturated carbocycles. The first-order valence-electron chi connectivity index (χ1n) is 3.75. The van der Waals surface area contributed by atoms with Crippen LogP contribution >= 0.6 is 0 Å². The minimum absolute atomic E-state index is 0.690. The van der Waals surface area contributed by atoms with E-state index in [-0.39, 0.29) is 0 Å². The van der Waals surface area contributed by atoms with Gasteiger partial charge in [0.05, 0.1) is 17.6 Å². The van der Waals surface area contributed by atoms with Crippen LogP contribution in [0.5, 0.6) is 0 Å². The first-order valence-corrected chi connectivity index (χ1v) is 3.75. The Hall–Kier alpha value is -1.58. The Morgan fingerprint density at radius 3 is 2.92 bits per heavy atom. The van der Waals surface area contributed by atoms with Gasteiger partial charge in [-0.2, -0.15) is 0 Å². The van der Waals surface area contributed by atoms with Crippen LogP contribution in [0.4, 0.5) is 5.82 Å². The number of hydrogen-bond donors (Lipinski definition) is 1. The van der Waals surface area contributed by atoms with Gasteiger partial charge in [-0.25, -0.2) is 4.98 Å². The van der Waals surface area contributed by atoms with E-state index in [4.69, 9.17) is 5.73 Å². The molecular formula is C8H10N4. The zero-order chi connectivity index (χ0) is 8.72. The topological polar surface area (TPSA) is 56.2 Å². The minimum atomic E-state index is 0.690. The first kappa shape index (κ1) is 7.09. The number of fused-ring (bicyclic) bond motifs is 1. The van der Waals surface area contributed by atoms with Crippen molar-refractivity contribution in [1.82, 2.24) is 14.4 Å². The van der Waals surface area contributed by atoms with Crippen molar-refractivity contribution >= 4 is 11.5 Å². The molecule has 2 heterocycles. The van der Waals surface area contributed by atoms with Crippen LogP contribution in [0, 0.1) is 13.8 Å². The summed E-state index contributed by atoms with van der Waals surface area (Å²) in [5, 5.41) is 0. The lowest BCUT2D eigenvalue weighted by Crippen LogP contribution is -1.95. The number of aryl methyl sites for hydroxylation is 2. The van der Waals surface area contributed by atoms with Crippen molar-refractivity contribution in [1.29, 1.82) is 0 Å². The number of aromatic nitrogens is 3. The Morgan fingerprint density at radius 1 is 1.42 bits per heavy atom. The summed E-state index contributed by atoms with van der Waals surface area (Å²) in [5.74, 6) is 0.690. The fraction of sp³-hybridized carbons (Fsp3) is 0.250. The molecule has 62 valence electrons. The summed E-state index contributed by atoms with van der Waals surface area (Å²) in [5.41, 5.74) is 8.37. The van der Waals surface area contributed by atoms with E-state index in [0.29, 0.717) is 5.82 Å². The molecule has 0 aromatic carbocycles. The van der Waals surface area contributed by atoms with Gasteiger partial charge in [0.2, 0.25) is 0 Å². The van der Waals surface area contributed by atoms with E-state index in [0.717, 1.165) is 17.0 Å². The number of hydrogen-bond acceptors (Lipinski definition) is 3. The van der Waals surface area contributed by atoms with Crippen LogP contribution in [0.3, 0.4) is 0 Å². The van der Waals surface area contributed by atoms with E-state index in [1.165, 1.54) is 0 Å². The van der Waals surface area contributed by atoms with Crippen molar-refractivity contribution in [3.05, 3.63) is 23.8 Å². The van der Waals surface area contributed by atoms with E-state index in [1.807, 2.05) is 24.4 Å². The van der Waals surface area contributed by atoms with Gasteiger partial charge in [-0.3, -0.25) is 9.38 Å². The molecule has 0 aliphatic rings. The quantitative estimate of drug-likeness (QED) is 0.627. The Balaban J connectivity index is 2.88. The van der Waals surface area contributed by atoms with Crippen molar-refractivity contribution in [3.8, 4) is 0 Å². The molecule has 0 aliphatic carbocycles. The van der Waals surface area contributed by atoms with Crippen LogP contribution < -0.4 is 5.73 Å². The molecule has 2 aromatic rings. The van der Waals surface area contributed by atoms with Crippen LogP contribution in [-0.2, 0) is 0 Å². The molecule has 2 rings (SSSR count). The van der Waals surface area contributed by atoms with Crippen molar-refractivity contribution in [2.45, 2.75) is 13.8 Å². The van der Waals surface area contributed by atoms with Gasteiger partial charge in [0.1, 0.15) is 5.82 Å². The molecule has 4 heteroatoms. The number of anilines is 1. The Bertz CT molecular complexity index is 430. The molecule has 12 heavy (non-hydrogen) atoms. The Kier molecular flexibility index (Phi) is 1.30. The van der Waals surface area contributed by atoms with Gasteiger partial charge in [-0.15, -0.1) is 0 Å². The van der Waals surface area contributed by atoms with Gasteiger partial charge in [0.15, 0.2) is 5.65 Å². The molecule has 0 aliphatic heterocycles. The maximum Gasteiger partial charge on any atom is 0.157 e. The van der Waals surface area contributed by atoms with Crippen LogP contribution in [0.2, 0.25) is 0 Å². The van der Waals surface area contributed by atoms with Crippen molar-refractivity contribution in [2.24, 2.45) is 0 Å². The monoisotopic (exact) mass is 162 g/mol. The molecule has 2 N–H and O–H groups in total. The zero-order valence-electron chi connectivity index (χ0n) is 7.07. The third kappa shape index (κ3) is 0.845. The molecule has 0 bridgehead atoms. The van der Waals surface area contributed by atoms with Gasteiger partial charge in [0, 0.05) is 6.20 Å². The number of rotatable bonds is 0. The number of imidazole rings is 1. The highest BCUT2D eigenvalue weighted by Gasteiger charge is 2.03. The molecule has 0 spiro atoms. The average Bonchev–Trinajstić information content (AvgIpc) is 2.31. The summed E-state index contributed by atoms with van der Waals surface area (Å²) < 4.78 is 1.84. The number of nitrogens with two attached hydrogens (primary N) is 1. The largest absolute Gasteiger partial charge is 0.383 e. The molecule has 0 amide bonds. The molecule has 0 unspecified atom stereocenters. The lowest BCUT2D eigenvalue weighted by Gasteiger charge is -1.96. The van der Waals surface area contributed by atoms with Gasteiger partial charge in [-0.1, -0.05) is 0 Å². The second kappa shape index (κ2) is 2.20. The molecule has 0 saturated heterocycles. The van der Waals surface area contributed by atoms with Crippen molar-refractivity contribution < 1.29 is 0 Å². The summed E-state index contributed by atoms with van der Waals surface area (Å²) in [4.78, 5) is 8.35. The standard InChI is InChI=1S/C8H10N4/c1-5-4-12-7(3-10-5)11-6(2)8(12)9/h3-4H,9H2,1-2H3. The van der Waals surface area contributed by atoms with Crippen molar-refractivity contribution in [3.63, 3.8) is 0 Å². The summed E-state index contributed by atoms with van der Waals surface area (Å²) in [6, 6.07) is 0. The first-order chi connectivity index (χ1) is 5.68. The average molecular weight is 162 g/mol. The van der Waals surface area contributed by atoms with Crippen LogP contribution in [0.1, 0.15) is 11.4 Å². The normalized spacial score (nSPS) is 10.8.